The maximum Gasteiger partial charge on any atom is 0.178 e. The highest BCUT2D eigenvalue weighted by Crippen LogP contribution is 2.28. The van der Waals surface area contributed by atoms with Crippen molar-refractivity contribution >= 4 is 34.6 Å². The molecule has 0 amide bonds. The molecule has 104 valence electrons. The minimum atomic E-state index is 0.156. The van der Waals surface area contributed by atoms with Gasteiger partial charge in [-0.15, -0.1) is 11.3 Å². The second-order valence-electron chi connectivity index (χ2n) is 4.96. The van der Waals surface area contributed by atoms with Gasteiger partial charge >= 0.3 is 0 Å². The first-order valence-corrected chi connectivity index (χ1v) is 7.98. The van der Waals surface area contributed by atoms with Crippen molar-refractivity contribution in [2.45, 2.75) is 33.2 Å². The SMILES string of the molecule is CCc1cnc(C(C)n2c(=S)[nH]c3c(C)cccc32)s1. The highest BCUT2D eigenvalue weighted by atomic mass is 32.1. The number of nitrogens with one attached hydrogen (secondary N) is 1. The van der Waals surface area contributed by atoms with Crippen LogP contribution in [0.15, 0.2) is 24.4 Å². The van der Waals surface area contributed by atoms with Crippen LogP contribution in [0.5, 0.6) is 0 Å². The van der Waals surface area contributed by atoms with Gasteiger partial charge in [-0.05, 0) is 44.1 Å². The molecule has 0 bridgehead atoms. The van der Waals surface area contributed by atoms with Crippen LogP contribution < -0.4 is 0 Å². The summed E-state index contributed by atoms with van der Waals surface area (Å²) in [5, 5.41) is 1.11. The maximum absolute atomic E-state index is 5.51. The standard InChI is InChI=1S/C15H17N3S2/c1-4-11-8-16-14(20-11)10(3)18-12-7-5-6-9(2)13(12)17-15(18)19/h5-8,10H,4H2,1-3H3,(H,17,19). The van der Waals surface area contributed by atoms with Gasteiger partial charge < -0.3 is 9.55 Å². The number of para-hydroxylation sites is 1. The van der Waals surface area contributed by atoms with E-state index in [0.717, 1.165) is 27.2 Å². The molecule has 2 aromatic heterocycles. The largest absolute Gasteiger partial charge is 0.330 e. The highest BCUT2D eigenvalue weighted by Gasteiger charge is 2.16. The molecule has 0 saturated heterocycles. The number of fused-ring (bicyclic) bond motifs is 1. The van der Waals surface area contributed by atoms with Gasteiger partial charge in [0.1, 0.15) is 5.01 Å². The van der Waals surface area contributed by atoms with Gasteiger partial charge in [-0.3, -0.25) is 0 Å². The van der Waals surface area contributed by atoms with Crippen LogP contribution in [0.25, 0.3) is 11.0 Å². The Hall–Kier alpha value is -1.46. The van der Waals surface area contributed by atoms with E-state index in [4.69, 9.17) is 12.2 Å². The van der Waals surface area contributed by atoms with Crippen molar-refractivity contribution in [3.05, 3.63) is 44.6 Å². The summed E-state index contributed by atoms with van der Waals surface area (Å²) in [6.45, 7) is 6.41. The van der Waals surface area contributed by atoms with Gasteiger partial charge in [0.15, 0.2) is 4.77 Å². The van der Waals surface area contributed by atoms with Gasteiger partial charge in [-0.25, -0.2) is 4.98 Å². The number of aromatic nitrogens is 3. The van der Waals surface area contributed by atoms with E-state index in [1.54, 1.807) is 11.3 Å². The third-order valence-electron chi connectivity index (χ3n) is 3.63. The third-order valence-corrected chi connectivity index (χ3v) is 5.24. The van der Waals surface area contributed by atoms with Crippen molar-refractivity contribution in [2.24, 2.45) is 0 Å². The smallest absolute Gasteiger partial charge is 0.178 e. The number of hydrogen-bond donors (Lipinski definition) is 1. The van der Waals surface area contributed by atoms with Crippen LogP contribution in [0.1, 0.15) is 35.3 Å². The quantitative estimate of drug-likeness (QED) is 0.715. The van der Waals surface area contributed by atoms with E-state index in [2.05, 4.69) is 53.5 Å². The molecule has 3 nitrogen and oxygen atoms in total. The Morgan fingerprint density at radius 2 is 2.25 bits per heavy atom. The number of aryl methyl sites for hydroxylation is 2. The molecular weight excluding hydrogens is 286 g/mol. The summed E-state index contributed by atoms with van der Waals surface area (Å²) in [5.41, 5.74) is 3.49. The summed E-state index contributed by atoms with van der Waals surface area (Å²) in [5.74, 6) is 0. The molecule has 0 aliphatic carbocycles. The van der Waals surface area contributed by atoms with E-state index >= 15 is 0 Å². The fraction of sp³-hybridized carbons (Fsp3) is 0.333. The van der Waals surface area contributed by atoms with Gasteiger partial charge in [-0.2, -0.15) is 0 Å². The van der Waals surface area contributed by atoms with Crippen molar-refractivity contribution in [1.29, 1.82) is 0 Å². The third kappa shape index (κ3) is 2.11. The molecule has 1 unspecified atom stereocenters. The summed E-state index contributed by atoms with van der Waals surface area (Å²) in [6, 6.07) is 6.44. The number of imidazole rings is 1. The second-order valence-corrected chi connectivity index (χ2v) is 6.50. The Kier molecular flexibility index (Phi) is 3.48. The molecule has 20 heavy (non-hydrogen) atoms. The van der Waals surface area contributed by atoms with E-state index in [0.29, 0.717) is 0 Å². The second kappa shape index (κ2) is 5.14. The minimum Gasteiger partial charge on any atom is -0.330 e. The average Bonchev–Trinajstić information content (AvgIpc) is 3.03. The maximum atomic E-state index is 5.51. The van der Waals surface area contributed by atoms with Crippen molar-refractivity contribution in [2.75, 3.05) is 0 Å². The Bertz CT molecular complexity index is 810. The molecule has 0 spiro atoms. The van der Waals surface area contributed by atoms with Gasteiger partial charge in [-0.1, -0.05) is 19.1 Å². The number of thiazole rings is 1. The van der Waals surface area contributed by atoms with Gasteiger partial charge in [0.05, 0.1) is 17.1 Å². The van der Waals surface area contributed by atoms with E-state index in [9.17, 15) is 0 Å². The van der Waals surface area contributed by atoms with Crippen molar-refractivity contribution in [3.63, 3.8) is 0 Å². The van der Waals surface area contributed by atoms with Gasteiger partial charge in [0.2, 0.25) is 0 Å². The summed E-state index contributed by atoms with van der Waals surface area (Å²) < 4.78 is 2.92. The fourth-order valence-electron chi connectivity index (χ4n) is 2.47. The lowest BCUT2D eigenvalue weighted by atomic mass is 10.2. The molecule has 1 atom stereocenters. The highest BCUT2D eigenvalue weighted by molar-refractivity contribution is 7.71. The molecule has 0 saturated carbocycles. The lowest BCUT2D eigenvalue weighted by Gasteiger charge is -2.11. The zero-order valence-electron chi connectivity index (χ0n) is 11.8. The van der Waals surface area contributed by atoms with E-state index < -0.39 is 0 Å². The molecule has 0 aliphatic rings. The molecule has 3 aromatic rings. The Morgan fingerprint density at radius 1 is 1.45 bits per heavy atom. The first-order chi connectivity index (χ1) is 9.61. The van der Waals surface area contributed by atoms with Crippen LogP contribution in [0, 0.1) is 11.7 Å². The molecule has 1 N–H and O–H groups in total. The average molecular weight is 303 g/mol. The number of aromatic amines is 1. The van der Waals surface area contributed by atoms with Gasteiger partial charge in [0.25, 0.3) is 0 Å². The fourth-order valence-corrected chi connectivity index (χ4v) is 3.72. The Balaban J connectivity index is 2.16. The Labute approximate surface area is 127 Å². The summed E-state index contributed by atoms with van der Waals surface area (Å²) >= 11 is 7.28. The van der Waals surface area contributed by atoms with E-state index in [-0.39, 0.29) is 6.04 Å². The number of benzene rings is 1. The molecule has 0 fully saturated rings. The summed E-state index contributed by atoms with van der Waals surface area (Å²) in [4.78, 5) is 9.19. The van der Waals surface area contributed by atoms with Crippen molar-refractivity contribution in [3.8, 4) is 0 Å². The van der Waals surface area contributed by atoms with Crippen LogP contribution in [0.4, 0.5) is 0 Å². The molecule has 3 rings (SSSR count). The first-order valence-electron chi connectivity index (χ1n) is 6.76. The van der Waals surface area contributed by atoms with Crippen LogP contribution in [-0.4, -0.2) is 14.5 Å². The lowest BCUT2D eigenvalue weighted by Crippen LogP contribution is -2.06. The Morgan fingerprint density at radius 3 is 2.95 bits per heavy atom. The molecule has 0 radical (unpaired) electrons. The van der Waals surface area contributed by atoms with Crippen LogP contribution in [0.3, 0.4) is 0 Å². The zero-order valence-corrected chi connectivity index (χ0v) is 13.4. The predicted octanol–water partition coefficient (Wildman–Crippen LogP) is 4.64. The van der Waals surface area contributed by atoms with Crippen molar-refractivity contribution in [1.82, 2.24) is 14.5 Å². The monoisotopic (exact) mass is 303 g/mol. The predicted molar refractivity (Wildman–Crippen MR) is 87.2 cm³/mol. The number of rotatable bonds is 3. The van der Waals surface area contributed by atoms with E-state index in [1.165, 1.54) is 10.4 Å². The summed E-state index contributed by atoms with van der Waals surface area (Å²) in [7, 11) is 0. The minimum absolute atomic E-state index is 0.156. The zero-order chi connectivity index (χ0) is 14.3. The van der Waals surface area contributed by atoms with Crippen LogP contribution in [0.2, 0.25) is 0 Å². The van der Waals surface area contributed by atoms with E-state index in [1.807, 2.05) is 6.20 Å². The topological polar surface area (TPSA) is 33.6 Å². The number of hydrogen-bond acceptors (Lipinski definition) is 3. The first kappa shape index (κ1) is 13.5. The molecule has 0 aliphatic heterocycles. The molecule has 2 heterocycles. The lowest BCUT2D eigenvalue weighted by molar-refractivity contribution is 0.644. The van der Waals surface area contributed by atoms with Crippen LogP contribution >= 0.6 is 23.6 Å². The van der Waals surface area contributed by atoms with Crippen LogP contribution in [-0.2, 0) is 6.42 Å². The molecule has 1 aromatic carbocycles. The number of nitrogens with zero attached hydrogens (tertiary/aromatic N) is 2. The molecule has 5 heteroatoms. The molecular formula is C15H17N3S2. The van der Waals surface area contributed by atoms with Gasteiger partial charge in [0, 0.05) is 11.1 Å². The number of H-pyrrole nitrogens is 1. The normalized spacial score (nSPS) is 12.9. The summed E-state index contributed by atoms with van der Waals surface area (Å²) in [6.07, 6.45) is 3.00. The van der Waals surface area contributed by atoms with Crippen molar-refractivity contribution < 1.29 is 0 Å².